The molecule has 1 heterocycles. The van der Waals surface area contributed by atoms with Crippen LogP contribution in [0, 0.1) is 5.41 Å². The number of anilines is 1. The molecule has 4 nitrogen and oxygen atoms in total. The standard InChI is InChI=1S/C16H24N2O2/c1-10(16(2,3)4)17-14-12(15(19)20)9-11-7-5-6-8-13(11)18-14/h9-10H,5-8H2,1-4H3,(H,17,18)(H,19,20). The van der Waals surface area contributed by atoms with Crippen LogP contribution >= 0.6 is 0 Å². The molecule has 1 aliphatic rings. The van der Waals surface area contributed by atoms with Crippen LogP contribution < -0.4 is 5.32 Å². The molecule has 0 fully saturated rings. The van der Waals surface area contributed by atoms with E-state index in [4.69, 9.17) is 0 Å². The molecule has 0 saturated heterocycles. The van der Waals surface area contributed by atoms with Crippen LogP contribution in [0.5, 0.6) is 0 Å². The van der Waals surface area contributed by atoms with Crippen LogP contribution in [0.2, 0.25) is 0 Å². The second-order valence-electron chi connectivity index (χ2n) is 6.73. The van der Waals surface area contributed by atoms with Gasteiger partial charge in [-0.15, -0.1) is 0 Å². The predicted octanol–water partition coefficient (Wildman–Crippen LogP) is 3.51. The summed E-state index contributed by atoms with van der Waals surface area (Å²) >= 11 is 0. The summed E-state index contributed by atoms with van der Waals surface area (Å²) in [6.07, 6.45) is 4.16. The lowest BCUT2D eigenvalue weighted by molar-refractivity contribution is 0.0697. The summed E-state index contributed by atoms with van der Waals surface area (Å²) in [6.45, 7) is 8.45. The Labute approximate surface area is 120 Å². The van der Waals surface area contributed by atoms with Crippen LogP contribution in [0.15, 0.2) is 6.07 Å². The highest BCUT2D eigenvalue weighted by Crippen LogP contribution is 2.28. The Morgan fingerprint density at radius 3 is 2.60 bits per heavy atom. The van der Waals surface area contributed by atoms with Crippen molar-refractivity contribution in [3.63, 3.8) is 0 Å². The van der Waals surface area contributed by atoms with E-state index in [1.807, 2.05) is 6.07 Å². The minimum absolute atomic E-state index is 0.0490. The summed E-state index contributed by atoms with van der Waals surface area (Å²) in [6, 6.07) is 1.95. The number of carboxylic acids is 1. The molecule has 4 heteroatoms. The molecule has 1 unspecified atom stereocenters. The van der Waals surface area contributed by atoms with Gasteiger partial charge < -0.3 is 10.4 Å². The fourth-order valence-corrected chi connectivity index (χ4v) is 2.33. The van der Waals surface area contributed by atoms with Crippen molar-refractivity contribution in [3.8, 4) is 0 Å². The smallest absolute Gasteiger partial charge is 0.339 e. The highest BCUT2D eigenvalue weighted by atomic mass is 16.4. The van der Waals surface area contributed by atoms with Gasteiger partial charge in [-0.3, -0.25) is 0 Å². The Kier molecular flexibility index (Phi) is 4.02. The molecule has 0 spiro atoms. The SMILES string of the molecule is CC(Nc1nc2c(cc1C(=O)O)CCCC2)C(C)(C)C. The van der Waals surface area contributed by atoms with Crippen LogP contribution in [0.1, 0.15) is 62.2 Å². The van der Waals surface area contributed by atoms with Gasteiger partial charge in [0.25, 0.3) is 0 Å². The number of aromatic nitrogens is 1. The molecule has 0 aliphatic heterocycles. The van der Waals surface area contributed by atoms with E-state index < -0.39 is 5.97 Å². The van der Waals surface area contributed by atoms with Crippen LogP contribution in [-0.2, 0) is 12.8 Å². The molecule has 0 saturated carbocycles. The van der Waals surface area contributed by atoms with E-state index in [1.54, 1.807) is 0 Å². The molecule has 110 valence electrons. The van der Waals surface area contributed by atoms with Crippen LogP contribution in [-0.4, -0.2) is 22.1 Å². The number of carboxylic acid groups (broad SMARTS) is 1. The average Bonchev–Trinajstić information content (AvgIpc) is 2.36. The molecular formula is C16H24N2O2. The zero-order valence-corrected chi connectivity index (χ0v) is 12.8. The molecule has 20 heavy (non-hydrogen) atoms. The van der Waals surface area contributed by atoms with Gasteiger partial charge in [-0.25, -0.2) is 9.78 Å². The lowest BCUT2D eigenvalue weighted by Gasteiger charge is -2.29. The molecule has 1 aliphatic carbocycles. The van der Waals surface area contributed by atoms with Crippen molar-refractivity contribution in [2.45, 2.75) is 59.4 Å². The number of rotatable bonds is 3. The van der Waals surface area contributed by atoms with Gasteiger partial charge in [0.05, 0.1) is 0 Å². The minimum atomic E-state index is -0.908. The molecule has 1 atom stereocenters. The van der Waals surface area contributed by atoms with Gasteiger partial charge in [0, 0.05) is 11.7 Å². The first-order chi connectivity index (χ1) is 9.29. The Morgan fingerprint density at radius 2 is 2.00 bits per heavy atom. The van der Waals surface area contributed by atoms with Gasteiger partial charge in [0.2, 0.25) is 0 Å². The molecule has 2 N–H and O–H groups in total. The maximum atomic E-state index is 11.5. The summed E-state index contributed by atoms with van der Waals surface area (Å²) in [5, 5.41) is 12.7. The van der Waals surface area contributed by atoms with Crippen molar-refractivity contribution in [2.75, 3.05) is 5.32 Å². The number of nitrogens with one attached hydrogen (secondary N) is 1. The maximum Gasteiger partial charge on any atom is 0.339 e. The van der Waals surface area contributed by atoms with E-state index >= 15 is 0 Å². The third-order valence-corrected chi connectivity index (χ3v) is 4.18. The van der Waals surface area contributed by atoms with E-state index in [-0.39, 0.29) is 11.5 Å². The molecule has 2 rings (SSSR count). The molecule has 0 radical (unpaired) electrons. The number of nitrogens with zero attached hydrogens (tertiary/aromatic N) is 1. The summed E-state index contributed by atoms with van der Waals surface area (Å²) < 4.78 is 0. The van der Waals surface area contributed by atoms with Crippen molar-refractivity contribution in [1.82, 2.24) is 4.98 Å². The van der Waals surface area contributed by atoms with Gasteiger partial charge in [0.15, 0.2) is 0 Å². The first-order valence-corrected chi connectivity index (χ1v) is 7.31. The van der Waals surface area contributed by atoms with E-state index in [2.05, 4.69) is 38.0 Å². The average molecular weight is 276 g/mol. The van der Waals surface area contributed by atoms with E-state index in [1.165, 1.54) is 0 Å². The van der Waals surface area contributed by atoms with Crippen molar-refractivity contribution >= 4 is 11.8 Å². The lowest BCUT2D eigenvalue weighted by Crippen LogP contribution is -2.32. The van der Waals surface area contributed by atoms with Crippen LogP contribution in [0.4, 0.5) is 5.82 Å². The fourth-order valence-electron chi connectivity index (χ4n) is 2.33. The highest BCUT2D eigenvalue weighted by molar-refractivity contribution is 5.93. The second kappa shape index (κ2) is 5.43. The Balaban J connectivity index is 2.37. The zero-order valence-electron chi connectivity index (χ0n) is 12.8. The molecular weight excluding hydrogens is 252 g/mol. The van der Waals surface area contributed by atoms with Crippen molar-refractivity contribution < 1.29 is 9.90 Å². The minimum Gasteiger partial charge on any atom is -0.478 e. The van der Waals surface area contributed by atoms with Gasteiger partial charge in [0.1, 0.15) is 11.4 Å². The van der Waals surface area contributed by atoms with E-state index in [0.29, 0.717) is 11.4 Å². The topological polar surface area (TPSA) is 62.2 Å². The highest BCUT2D eigenvalue weighted by Gasteiger charge is 2.24. The number of carbonyl (C=O) groups is 1. The number of aromatic carboxylic acids is 1. The summed E-state index contributed by atoms with van der Waals surface area (Å²) in [5.41, 5.74) is 2.50. The first kappa shape index (κ1) is 14.8. The Bertz CT molecular complexity index is 518. The van der Waals surface area contributed by atoms with Crippen molar-refractivity contribution in [3.05, 3.63) is 22.9 Å². The van der Waals surface area contributed by atoms with Crippen molar-refractivity contribution in [1.29, 1.82) is 0 Å². The van der Waals surface area contributed by atoms with Crippen LogP contribution in [0.3, 0.4) is 0 Å². The third-order valence-electron chi connectivity index (χ3n) is 4.18. The summed E-state index contributed by atoms with van der Waals surface area (Å²) in [5.74, 6) is -0.393. The van der Waals surface area contributed by atoms with E-state index in [9.17, 15) is 9.90 Å². The van der Waals surface area contributed by atoms with Crippen LogP contribution in [0.25, 0.3) is 0 Å². The number of hydrogen-bond donors (Lipinski definition) is 2. The predicted molar refractivity (Wildman–Crippen MR) is 80.4 cm³/mol. The normalized spacial score (nSPS) is 16.4. The quantitative estimate of drug-likeness (QED) is 0.887. The number of aryl methyl sites for hydroxylation is 2. The second-order valence-corrected chi connectivity index (χ2v) is 6.73. The molecule has 1 aromatic rings. The molecule has 0 bridgehead atoms. The third kappa shape index (κ3) is 3.11. The zero-order chi connectivity index (χ0) is 14.9. The number of pyridine rings is 1. The molecule has 0 amide bonds. The largest absolute Gasteiger partial charge is 0.478 e. The summed E-state index contributed by atoms with van der Waals surface area (Å²) in [7, 11) is 0. The van der Waals surface area contributed by atoms with Gasteiger partial charge >= 0.3 is 5.97 Å². The van der Waals surface area contributed by atoms with Gasteiger partial charge in [-0.2, -0.15) is 0 Å². The van der Waals surface area contributed by atoms with Gasteiger partial charge in [-0.1, -0.05) is 20.8 Å². The summed E-state index contributed by atoms with van der Waals surface area (Å²) in [4.78, 5) is 16.1. The monoisotopic (exact) mass is 276 g/mol. The molecule has 0 aromatic carbocycles. The van der Waals surface area contributed by atoms with Crippen molar-refractivity contribution in [2.24, 2.45) is 5.41 Å². The van der Waals surface area contributed by atoms with Gasteiger partial charge in [-0.05, 0) is 49.7 Å². The Hall–Kier alpha value is -1.58. The number of hydrogen-bond acceptors (Lipinski definition) is 3. The first-order valence-electron chi connectivity index (χ1n) is 7.31. The Morgan fingerprint density at radius 1 is 1.35 bits per heavy atom. The fraction of sp³-hybridized carbons (Fsp3) is 0.625. The van der Waals surface area contributed by atoms with E-state index in [0.717, 1.165) is 36.9 Å². The molecule has 1 aromatic heterocycles. The maximum absolute atomic E-state index is 11.5. The lowest BCUT2D eigenvalue weighted by atomic mass is 9.88. The number of fused-ring (bicyclic) bond motifs is 1.